The molecule has 25 heavy (non-hydrogen) atoms. The lowest BCUT2D eigenvalue weighted by atomic mass is 10.2. The molecule has 3 rings (SSSR count). The Labute approximate surface area is 159 Å². The maximum atomic E-state index is 12.2. The number of nitrogens with zero attached hydrogens (tertiary/aromatic N) is 2. The molecule has 1 atom stereocenters. The molecule has 1 aromatic carbocycles. The number of benzene rings is 1. The minimum atomic E-state index is -0.175. The Bertz CT molecular complexity index is 813. The minimum absolute atomic E-state index is 0.0454. The first-order valence-corrected chi connectivity index (χ1v) is 10.8. The summed E-state index contributed by atoms with van der Waals surface area (Å²) >= 11 is 4.66. The van der Waals surface area contributed by atoms with Crippen molar-refractivity contribution in [1.29, 1.82) is 0 Å². The summed E-state index contributed by atoms with van der Waals surface area (Å²) in [7, 11) is 0. The monoisotopic (exact) mass is 393 g/mol. The van der Waals surface area contributed by atoms with Crippen molar-refractivity contribution in [2.24, 2.45) is 0 Å². The molecule has 0 aliphatic rings. The summed E-state index contributed by atoms with van der Waals surface area (Å²) in [5.41, 5.74) is 0.832. The van der Waals surface area contributed by atoms with Crippen molar-refractivity contribution >= 4 is 51.7 Å². The Balaban J connectivity index is 1.50. The highest BCUT2D eigenvalue weighted by molar-refractivity contribution is 8.03. The number of carbonyl (C=O) groups excluding carboxylic acids is 1. The first kappa shape index (κ1) is 18.3. The van der Waals surface area contributed by atoms with Crippen LogP contribution in [0.2, 0.25) is 0 Å². The van der Waals surface area contributed by atoms with Gasteiger partial charge < -0.3 is 9.73 Å². The van der Waals surface area contributed by atoms with Crippen LogP contribution in [0.4, 0.5) is 0 Å². The standard InChI is InChI=1S/C17H19N3O2S3/c1-3-8-23-16-19-20-17(25-16)24-10-15(21)18-11(2)14-9-12-6-4-5-7-13(12)22-14/h4-7,9,11H,3,8,10H2,1-2H3,(H,18,21)/t11-/m1/s1. The van der Waals surface area contributed by atoms with E-state index in [0.717, 1.165) is 37.6 Å². The van der Waals surface area contributed by atoms with Crippen LogP contribution in [0, 0.1) is 0 Å². The van der Waals surface area contributed by atoms with Crippen molar-refractivity contribution in [3.05, 3.63) is 36.1 Å². The maximum absolute atomic E-state index is 12.2. The second-order valence-electron chi connectivity index (χ2n) is 5.45. The first-order valence-electron chi connectivity index (χ1n) is 8.02. The van der Waals surface area contributed by atoms with Crippen LogP contribution in [-0.2, 0) is 4.79 Å². The average molecular weight is 394 g/mol. The molecule has 0 aliphatic carbocycles. The Morgan fingerprint density at radius 2 is 2.04 bits per heavy atom. The number of amides is 1. The maximum Gasteiger partial charge on any atom is 0.231 e. The molecule has 132 valence electrons. The first-order chi connectivity index (χ1) is 12.2. The van der Waals surface area contributed by atoms with Gasteiger partial charge in [-0.3, -0.25) is 4.79 Å². The third kappa shape index (κ3) is 4.99. The lowest BCUT2D eigenvalue weighted by molar-refractivity contribution is -0.119. The fourth-order valence-corrected chi connectivity index (χ4v) is 4.96. The lowest BCUT2D eigenvalue weighted by Gasteiger charge is -2.10. The van der Waals surface area contributed by atoms with E-state index in [1.807, 2.05) is 37.3 Å². The highest BCUT2D eigenvalue weighted by Gasteiger charge is 2.15. The van der Waals surface area contributed by atoms with Gasteiger partial charge in [0.05, 0.1) is 11.8 Å². The Kier molecular flexibility index (Phi) is 6.39. The molecule has 3 aromatic rings. The van der Waals surface area contributed by atoms with Crippen molar-refractivity contribution < 1.29 is 9.21 Å². The van der Waals surface area contributed by atoms with E-state index in [4.69, 9.17) is 4.42 Å². The second-order valence-corrected chi connectivity index (χ2v) is 8.99. The predicted molar refractivity (Wildman–Crippen MR) is 104 cm³/mol. The van der Waals surface area contributed by atoms with E-state index in [0.29, 0.717) is 5.75 Å². The van der Waals surface area contributed by atoms with Crippen molar-refractivity contribution in [2.45, 2.75) is 35.0 Å². The van der Waals surface area contributed by atoms with Gasteiger partial charge in [0.2, 0.25) is 5.91 Å². The van der Waals surface area contributed by atoms with Gasteiger partial charge in [-0.2, -0.15) is 0 Å². The quantitative estimate of drug-likeness (QED) is 0.557. The number of thioether (sulfide) groups is 2. The number of hydrogen-bond donors (Lipinski definition) is 1. The third-order valence-electron chi connectivity index (χ3n) is 3.39. The zero-order chi connectivity index (χ0) is 17.6. The highest BCUT2D eigenvalue weighted by atomic mass is 32.2. The van der Waals surface area contributed by atoms with E-state index in [2.05, 4.69) is 22.4 Å². The highest BCUT2D eigenvalue weighted by Crippen LogP contribution is 2.29. The van der Waals surface area contributed by atoms with Crippen LogP contribution in [0.3, 0.4) is 0 Å². The number of para-hydroxylation sites is 1. The van der Waals surface area contributed by atoms with Gasteiger partial charge in [0.1, 0.15) is 11.3 Å². The van der Waals surface area contributed by atoms with Gasteiger partial charge in [0, 0.05) is 11.1 Å². The molecule has 8 heteroatoms. The summed E-state index contributed by atoms with van der Waals surface area (Å²) in [6.45, 7) is 4.06. The van der Waals surface area contributed by atoms with E-state index < -0.39 is 0 Å². The number of aromatic nitrogens is 2. The molecule has 1 amide bonds. The molecule has 0 unspecified atom stereocenters. The predicted octanol–water partition coefficient (Wildman–Crippen LogP) is 4.76. The lowest BCUT2D eigenvalue weighted by Crippen LogP contribution is -2.27. The molecule has 1 N–H and O–H groups in total. The van der Waals surface area contributed by atoms with Crippen LogP contribution >= 0.6 is 34.9 Å². The summed E-state index contributed by atoms with van der Waals surface area (Å²) in [6.07, 6.45) is 1.11. The number of furan rings is 1. The van der Waals surface area contributed by atoms with Crippen LogP contribution in [0.1, 0.15) is 32.1 Å². The van der Waals surface area contributed by atoms with Crippen LogP contribution in [0.25, 0.3) is 11.0 Å². The number of rotatable bonds is 8. The molecule has 0 saturated carbocycles. The number of fused-ring (bicyclic) bond motifs is 1. The van der Waals surface area contributed by atoms with Crippen LogP contribution in [0.15, 0.2) is 43.4 Å². The normalized spacial score (nSPS) is 12.4. The smallest absolute Gasteiger partial charge is 0.231 e. The number of carbonyl (C=O) groups is 1. The molecule has 0 bridgehead atoms. The van der Waals surface area contributed by atoms with Crippen molar-refractivity contribution in [1.82, 2.24) is 15.5 Å². The molecule has 0 saturated heterocycles. The SMILES string of the molecule is CCCSc1nnc(SCC(=O)N[C@H](C)c2cc3ccccc3o2)s1. The molecular formula is C17H19N3O2S3. The fourth-order valence-electron chi connectivity index (χ4n) is 2.20. The Hall–Kier alpha value is -1.51. The zero-order valence-electron chi connectivity index (χ0n) is 14.0. The van der Waals surface area contributed by atoms with E-state index in [-0.39, 0.29) is 11.9 Å². The van der Waals surface area contributed by atoms with Crippen LogP contribution in [-0.4, -0.2) is 27.6 Å². The minimum Gasteiger partial charge on any atom is -0.459 e. The van der Waals surface area contributed by atoms with Gasteiger partial charge in [0.25, 0.3) is 0 Å². The molecule has 0 fully saturated rings. The van der Waals surface area contributed by atoms with Gasteiger partial charge in [-0.15, -0.1) is 10.2 Å². The van der Waals surface area contributed by atoms with Crippen molar-refractivity contribution in [2.75, 3.05) is 11.5 Å². The number of nitrogens with one attached hydrogen (secondary N) is 1. The Morgan fingerprint density at radius 3 is 2.80 bits per heavy atom. The van der Waals surface area contributed by atoms with E-state index in [1.165, 1.54) is 23.1 Å². The largest absolute Gasteiger partial charge is 0.459 e. The Morgan fingerprint density at radius 1 is 1.28 bits per heavy atom. The summed E-state index contributed by atoms with van der Waals surface area (Å²) in [6, 6.07) is 9.62. The summed E-state index contributed by atoms with van der Waals surface area (Å²) in [5.74, 6) is 2.07. The van der Waals surface area contributed by atoms with E-state index >= 15 is 0 Å². The van der Waals surface area contributed by atoms with E-state index in [1.54, 1.807) is 11.8 Å². The zero-order valence-corrected chi connectivity index (χ0v) is 16.5. The average Bonchev–Trinajstić information content (AvgIpc) is 3.24. The van der Waals surface area contributed by atoms with Crippen LogP contribution < -0.4 is 5.32 Å². The molecule has 0 aliphatic heterocycles. The van der Waals surface area contributed by atoms with Gasteiger partial charge in [0.15, 0.2) is 8.68 Å². The second kappa shape index (κ2) is 8.73. The summed E-state index contributed by atoms with van der Waals surface area (Å²) in [5, 5.41) is 12.3. The third-order valence-corrected chi connectivity index (χ3v) is 6.79. The molecule has 2 heterocycles. The molecule has 0 radical (unpaired) electrons. The number of hydrogen-bond acceptors (Lipinski definition) is 7. The molecule has 0 spiro atoms. The van der Waals surface area contributed by atoms with E-state index in [9.17, 15) is 4.79 Å². The van der Waals surface area contributed by atoms with Gasteiger partial charge in [-0.25, -0.2) is 0 Å². The van der Waals surface area contributed by atoms with Gasteiger partial charge in [-0.05, 0) is 25.5 Å². The topological polar surface area (TPSA) is 68.0 Å². The molecular weight excluding hydrogens is 374 g/mol. The van der Waals surface area contributed by atoms with Crippen molar-refractivity contribution in [3.63, 3.8) is 0 Å². The van der Waals surface area contributed by atoms with Gasteiger partial charge in [-0.1, -0.05) is 60.0 Å². The fraction of sp³-hybridized carbons (Fsp3) is 0.353. The molecule has 2 aromatic heterocycles. The summed E-state index contributed by atoms with van der Waals surface area (Å²) < 4.78 is 7.57. The van der Waals surface area contributed by atoms with Crippen molar-refractivity contribution in [3.8, 4) is 0 Å². The van der Waals surface area contributed by atoms with Crippen LogP contribution in [0.5, 0.6) is 0 Å². The van der Waals surface area contributed by atoms with Gasteiger partial charge >= 0.3 is 0 Å². The molecule has 5 nitrogen and oxygen atoms in total. The summed E-state index contributed by atoms with van der Waals surface area (Å²) in [4.78, 5) is 12.2.